The first-order chi connectivity index (χ1) is 21.7. The summed E-state index contributed by atoms with van der Waals surface area (Å²) in [6.07, 6.45) is 49.6. The van der Waals surface area contributed by atoms with Gasteiger partial charge in [0.1, 0.15) is 0 Å². The first-order valence-electron chi connectivity index (χ1n) is 20.5. The van der Waals surface area contributed by atoms with Gasteiger partial charge in [-0.3, -0.25) is 4.79 Å². The standard InChI is InChI=1S/C42H82O2/c1-4-7-10-13-16-18-19-20-21-22-23-24-25-26-27-28-30-33-36-39-42(43)44-40-41(37-34-31-15-12-9-6-3)38-35-32-29-17-14-11-8-5-2/h20-21,41H,4-19,22-40H2,1-3H3/b21-20-. The molecule has 0 saturated carbocycles. The lowest BCUT2D eigenvalue weighted by molar-refractivity contribution is -0.145. The van der Waals surface area contributed by atoms with Gasteiger partial charge in [0.2, 0.25) is 0 Å². The number of carbonyl (C=O) groups is 1. The van der Waals surface area contributed by atoms with Crippen LogP contribution in [-0.2, 0) is 9.53 Å². The van der Waals surface area contributed by atoms with E-state index in [4.69, 9.17) is 4.74 Å². The minimum atomic E-state index is 0.0508. The first kappa shape index (κ1) is 43.2. The van der Waals surface area contributed by atoms with Crippen LogP contribution in [0.1, 0.15) is 239 Å². The normalized spacial score (nSPS) is 12.3. The first-order valence-corrected chi connectivity index (χ1v) is 20.5. The van der Waals surface area contributed by atoms with Gasteiger partial charge in [-0.2, -0.15) is 0 Å². The van der Waals surface area contributed by atoms with E-state index in [-0.39, 0.29) is 5.97 Å². The highest BCUT2D eigenvalue weighted by atomic mass is 16.5. The summed E-state index contributed by atoms with van der Waals surface area (Å²) in [6.45, 7) is 7.53. The largest absolute Gasteiger partial charge is 0.465 e. The molecular formula is C42H82O2. The van der Waals surface area contributed by atoms with Crippen LogP contribution in [-0.4, -0.2) is 12.6 Å². The molecule has 0 saturated heterocycles. The highest BCUT2D eigenvalue weighted by Gasteiger charge is 2.12. The Kier molecular flexibility index (Phi) is 37.7. The average Bonchev–Trinajstić information content (AvgIpc) is 3.03. The Morgan fingerprint density at radius 1 is 0.432 bits per heavy atom. The summed E-state index contributed by atoms with van der Waals surface area (Å²) in [5.41, 5.74) is 0. The molecule has 0 heterocycles. The summed E-state index contributed by atoms with van der Waals surface area (Å²) in [5.74, 6) is 0.626. The van der Waals surface area contributed by atoms with E-state index in [9.17, 15) is 4.79 Å². The molecule has 0 N–H and O–H groups in total. The number of carbonyl (C=O) groups excluding carboxylic acids is 1. The zero-order valence-electron chi connectivity index (χ0n) is 30.8. The SMILES string of the molecule is CCCCCCCC/C=C\CCCCCCCCCCCC(=O)OCC(CCCCCCCC)CCCCCCCCCC. The maximum absolute atomic E-state index is 12.5. The van der Waals surface area contributed by atoms with Crippen molar-refractivity contribution in [3.05, 3.63) is 12.2 Å². The fraction of sp³-hybridized carbons (Fsp3) is 0.929. The van der Waals surface area contributed by atoms with E-state index in [1.165, 1.54) is 205 Å². The number of hydrogen-bond acceptors (Lipinski definition) is 2. The minimum absolute atomic E-state index is 0.0508. The lowest BCUT2D eigenvalue weighted by atomic mass is 9.94. The van der Waals surface area contributed by atoms with Crippen LogP contribution >= 0.6 is 0 Å². The van der Waals surface area contributed by atoms with Gasteiger partial charge in [0.05, 0.1) is 6.61 Å². The van der Waals surface area contributed by atoms with E-state index in [2.05, 4.69) is 32.9 Å². The molecule has 1 unspecified atom stereocenters. The van der Waals surface area contributed by atoms with Crippen molar-refractivity contribution in [3.63, 3.8) is 0 Å². The summed E-state index contributed by atoms with van der Waals surface area (Å²) in [4.78, 5) is 12.5. The van der Waals surface area contributed by atoms with E-state index in [0.717, 1.165) is 6.42 Å². The molecule has 0 aliphatic rings. The highest BCUT2D eigenvalue weighted by molar-refractivity contribution is 5.69. The quantitative estimate of drug-likeness (QED) is 0.0393. The Morgan fingerprint density at radius 3 is 1.14 bits per heavy atom. The molecule has 0 radical (unpaired) electrons. The van der Waals surface area contributed by atoms with Crippen molar-refractivity contribution in [1.29, 1.82) is 0 Å². The molecule has 0 aromatic carbocycles. The minimum Gasteiger partial charge on any atom is -0.465 e. The molecule has 0 rings (SSSR count). The lowest BCUT2D eigenvalue weighted by Gasteiger charge is -2.17. The lowest BCUT2D eigenvalue weighted by Crippen LogP contribution is -2.14. The van der Waals surface area contributed by atoms with E-state index < -0.39 is 0 Å². The van der Waals surface area contributed by atoms with Crippen LogP contribution in [0.4, 0.5) is 0 Å². The maximum Gasteiger partial charge on any atom is 0.305 e. The van der Waals surface area contributed by atoms with Gasteiger partial charge < -0.3 is 4.74 Å². The number of ether oxygens (including phenoxy) is 1. The fourth-order valence-corrected chi connectivity index (χ4v) is 6.42. The fourth-order valence-electron chi connectivity index (χ4n) is 6.42. The van der Waals surface area contributed by atoms with Gasteiger partial charge in [-0.1, -0.05) is 200 Å². The van der Waals surface area contributed by atoms with Crippen LogP contribution in [0.5, 0.6) is 0 Å². The van der Waals surface area contributed by atoms with Crippen LogP contribution in [0.25, 0.3) is 0 Å². The maximum atomic E-state index is 12.5. The third kappa shape index (κ3) is 35.7. The van der Waals surface area contributed by atoms with Crippen molar-refractivity contribution < 1.29 is 9.53 Å². The molecule has 0 amide bonds. The number of unbranched alkanes of at least 4 members (excludes halogenated alkanes) is 27. The third-order valence-electron chi connectivity index (χ3n) is 9.55. The van der Waals surface area contributed by atoms with Gasteiger partial charge in [-0.15, -0.1) is 0 Å². The molecule has 0 bridgehead atoms. The van der Waals surface area contributed by atoms with Crippen molar-refractivity contribution in [3.8, 4) is 0 Å². The second kappa shape index (κ2) is 38.4. The molecule has 2 heteroatoms. The third-order valence-corrected chi connectivity index (χ3v) is 9.55. The molecule has 262 valence electrons. The molecule has 0 spiro atoms. The predicted octanol–water partition coefficient (Wildman–Crippen LogP) is 15.0. The Bertz CT molecular complexity index is 568. The van der Waals surface area contributed by atoms with E-state index in [0.29, 0.717) is 18.9 Å². The van der Waals surface area contributed by atoms with Crippen LogP contribution < -0.4 is 0 Å². The number of allylic oxidation sites excluding steroid dienone is 2. The topological polar surface area (TPSA) is 26.3 Å². The second-order valence-corrected chi connectivity index (χ2v) is 14.1. The molecule has 1 atom stereocenters. The zero-order chi connectivity index (χ0) is 32.0. The summed E-state index contributed by atoms with van der Waals surface area (Å²) in [5, 5.41) is 0. The van der Waals surface area contributed by atoms with Crippen molar-refractivity contribution in [2.45, 2.75) is 239 Å². The van der Waals surface area contributed by atoms with Crippen molar-refractivity contribution in [1.82, 2.24) is 0 Å². The van der Waals surface area contributed by atoms with Gasteiger partial charge in [0.15, 0.2) is 0 Å². The Hall–Kier alpha value is -0.790. The van der Waals surface area contributed by atoms with Crippen LogP contribution in [0, 0.1) is 5.92 Å². The molecule has 0 aliphatic carbocycles. The predicted molar refractivity (Wildman–Crippen MR) is 198 cm³/mol. The summed E-state index contributed by atoms with van der Waals surface area (Å²) < 4.78 is 5.82. The zero-order valence-corrected chi connectivity index (χ0v) is 30.8. The summed E-state index contributed by atoms with van der Waals surface area (Å²) >= 11 is 0. The van der Waals surface area contributed by atoms with Gasteiger partial charge in [-0.25, -0.2) is 0 Å². The number of esters is 1. The van der Waals surface area contributed by atoms with E-state index in [1.807, 2.05) is 0 Å². The Morgan fingerprint density at radius 2 is 0.750 bits per heavy atom. The molecule has 0 aliphatic heterocycles. The Labute approximate surface area is 278 Å². The average molecular weight is 619 g/mol. The smallest absolute Gasteiger partial charge is 0.305 e. The molecule has 2 nitrogen and oxygen atoms in total. The van der Waals surface area contributed by atoms with Crippen molar-refractivity contribution >= 4 is 5.97 Å². The molecular weight excluding hydrogens is 536 g/mol. The Balaban J connectivity index is 3.75. The number of hydrogen-bond donors (Lipinski definition) is 0. The summed E-state index contributed by atoms with van der Waals surface area (Å²) in [6, 6.07) is 0. The van der Waals surface area contributed by atoms with Crippen LogP contribution in [0.3, 0.4) is 0 Å². The monoisotopic (exact) mass is 619 g/mol. The van der Waals surface area contributed by atoms with Gasteiger partial charge in [0, 0.05) is 6.42 Å². The van der Waals surface area contributed by atoms with Crippen molar-refractivity contribution in [2.75, 3.05) is 6.61 Å². The van der Waals surface area contributed by atoms with E-state index in [1.54, 1.807) is 0 Å². The van der Waals surface area contributed by atoms with Crippen LogP contribution in [0.15, 0.2) is 12.2 Å². The molecule has 0 aromatic heterocycles. The highest BCUT2D eigenvalue weighted by Crippen LogP contribution is 2.21. The van der Waals surface area contributed by atoms with Crippen LogP contribution in [0.2, 0.25) is 0 Å². The van der Waals surface area contributed by atoms with Gasteiger partial charge in [-0.05, 0) is 50.9 Å². The molecule has 0 aromatic rings. The van der Waals surface area contributed by atoms with Crippen molar-refractivity contribution in [2.24, 2.45) is 5.92 Å². The van der Waals surface area contributed by atoms with E-state index >= 15 is 0 Å². The molecule has 0 fully saturated rings. The summed E-state index contributed by atoms with van der Waals surface area (Å²) in [7, 11) is 0. The molecule has 44 heavy (non-hydrogen) atoms. The van der Waals surface area contributed by atoms with Gasteiger partial charge >= 0.3 is 5.97 Å². The van der Waals surface area contributed by atoms with Gasteiger partial charge in [0.25, 0.3) is 0 Å². The second-order valence-electron chi connectivity index (χ2n) is 14.1. The number of rotatable bonds is 37.